The molecule has 1 aliphatic heterocycles. The minimum atomic E-state index is -0.0305. The van der Waals surface area contributed by atoms with E-state index in [4.69, 9.17) is 0 Å². The number of aromatic nitrogens is 2. The predicted octanol–water partition coefficient (Wildman–Crippen LogP) is 2.59. The van der Waals surface area contributed by atoms with Crippen LogP contribution in [0.15, 0.2) is 29.8 Å². The van der Waals surface area contributed by atoms with Gasteiger partial charge in [0.25, 0.3) is 0 Å². The summed E-state index contributed by atoms with van der Waals surface area (Å²) in [5.41, 5.74) is 0.811. The Kier molecular flexibility index (Phi) is 4.03. The summed E-state index contributed by atoms with van der Waals surface area (Å²) >= 11 is 2.81. The van der Waals surface area contributed by atoms with Gasteiger partial charge in [-0.1, -0.05) is 17.8 Å². The fourth-order valence-corrected chi connectivity index (χ4v) is 3.84. The third kappa shape index (κ3) is 3.14. The third-order valence-electron chi connectivity index (χ3n) is 3.08. The molecule has 21 heavy (non-hydrogen) atoms. The molecule has 1 aliphatic rings. The molecule has 1 saturated heterocycles. The van der Waals surface area contributed by atoms with E-state index in [1.165, 1.54) is 18.7 Å². The van der Waals surface area contributed by atoms with Gasteiger partial charge in [0.05, 0.1) is 10.6 Å². The van der Waals surface area contributed by atoms with Crippen LogP contribution in [0.5, 0.6) is 0 Å². The molecule has 1 unspecified atom stereocenters. The van der Waals surface area contributed by atoms with Crippen molar-refractivity contribution in [1.82, 2.24) is 9.97 Å². The van der Waals surface area contributed by atoms with Crippen molar-refractivity contribution in [3.63, 3.8) is 0 Å². The summed E-state index contributed by atoms with van der Waals surface area (Å²) in [5, 5.41) is 2.00. The fraction of sp³-hybridized carbons (Fsp3) is 0.286. The lowest BCUT2D eigenvalue weighted by molar-refractivity contribution is -0.117. The van der Waals surface area contributed by atoms with Gasteiger partial charge in [0, 0.05) is 31.3 Å². The standard InChI is InChI=1S/C14H13N3O2S2/c1-9(18)21-10-7-13(19)17(8-10)14-15-5-4-11(16-14)12-3-2-6-20-12/h2-6,10H,7-8H2,1H3. The normalized spacial score (nSPS) is 18.2. The van der Waals surface area contributed by atoms with Gasteiger partial charge in [-0.05, 0) is 17.5 Å². The number of hydrogen-bond acceptors (Lipinski definition) is 6. The number of amides is 1. The van der Waals surface area contributed by atoms with E-state index < -0.39 is 0 Å². The Morgan fingerprint density at radius 1 is 1.48 bits per heavy atom. The van der Waals surface area contributed by atoms with Crippen molar-refractivity contribution in [2.75, 3.05) is 11.4 Å². The van der Waals surface area contributed by atoms with Gasteiger partial charge in [0.2, 0.25) is 11.9 Å². The van der Waals surface area contributed by atoms with Gasteiger partial charge < -0.3 is 0 Å². The van der Waals surface area contributed by atoms with Crippen LogP contribution in [-0.4, -0.2) is 32.8 Å². The zero-order valence-corrected chi connectivity index (χ0v) is 13.0. The van der Waals surface area contributed by atoms with Crippen LogP contribution < -0.4 is 4.90 Å². The molecule has 7 heteroatoms. The molecular weight excluding hydrogens is 306 g/mol. The highest BCUT2D eigenvalue weighted by atomic mass is 32.2. The van der Waals surface area contributed by atoms with Gasteiger partial charge in [-0.3, -0.25) is 14.5 Å². The van der Waals surface area contributed by atoms with Crippen molar-refractivity contribution in [3.8, 4) is 10.6 Å². The molecule has 1 atom stereocenters. The number of thioether (sulfide) groups is 1. The lowest BCUT2D eigenvalue weighted by atomic mass is 10.3. The van der Waals surface area contributed by atoms with E-state index in [2.05, 4.69) is 9.97 Å². The first-order valence-corrected chi connectivity index (χ1v) is 8.24. The summed E-state index contributed by atoms with van der Waals surface area (Å²) in [4.78, 5) is 34.5. The number of anilines is 1. The number of nitrogens with zero attached hydrogens (tertiary/aromatic N) is 3. The second-order valence-corrected chi connectivity index (χ2v) is 7.08. The van der Waals surface area contributed by atoms with Crippen molar-refractivity contribution < 1.29 is 9.59 Å². The molecular formula is C14H13N3O2S2. The van der Waals surface area contributed by atoms with E-state index in [9.17, 15) is 9.59 Å². The van der Waals surface area contributed by atoms with Crippen LogP contribution in [-0.2, 0) is 9.59 Å². The highest BCUT2D eigenvalue weighted by Crippen LogP contribution is 2.28. The van der Waals surface area contributed by atoms with Gasteiger partial charge in [-0.15, -0.1) is 11.3 Å². The lowest BCUT2D eigenvalue weighted by Gasteiger charge is -2.14. The van der Waals surface area contributed by atoms with Crippen molar-refractivity contribution in [2.24, 2.45) is 0 Å². The van der Waals surface area contributed by atoms with E-state index in [-0.39, 0.29) is 16.3 Å². The van der Waals surface area contributed by atoms with Gasteiger partial charge in [-0.25, -0.2) is 9.97 Å². The molecule has 0 spiro atoms. The smallest absolute Gasteiger partial charge is 0.232 e. The van der Waals surface area contributed by atoms with Gasteiger partial charge in [0.1, 0.15) is 0 Å². The van der Waals surface area contributed by atoms with Crippen LogP contribution in [0.2, 0.25) is 0 Å². The second-order valence-electron chi connectivity index (χ2n) is 4.66. The largest absolute Gasteiger partial charge is 0.288 e. The van der Waals surface area contributed by atoms with Gasteiger partial charge >= 0.3 is 0 Å². The molecule has 0 N–H and O–H groups in total. The minimum Gasteiger partial charge on any atom is -0.288 e. The molecule has 108 valence electrons. The molecule has 2 aromatic heterocycles. The van der Waals surface area contributed by atoms with Crippen LogP contribution in [0, 0.1) is 0 Å². The maximum atomic E-state index is 12.1. The summed E-state index contributed by atoms with van der Waals surface area (Å²) in [5.74, 6) is 0.384. The van der Waals surface area contributed by atoms with Crippen LogP contribution in [0.4, 0.5) is 5.95 Å². The quantitative estimate of drug-likeness (QED) is 0.870. The Morgan fingerprint density at radius 2 is 2.33 bits per heavy atom. The summed E-state index contributed by atoms with van der Waals surface area (Å²) < 4.78 is 0. The lowest BCUT2D eigenvalue weighted by Crippen LogP contribution is -2.27. The Labute approximate surface area is 130 Å². The summed E-state index contributed by atoms with van der Waals surface area (Å²) in [6, 6.07) is 5.77. The van der Waals surface area contributed by atoms with Crippen LogP contribution >= 0.6 is 23.1 Å². The zero-order chi connectivity index (χ0) is 14.8. The highest BCUT2D eigenvalue weighted by Gasteiger charge is 2.33. The number of hydrogen-bond donors (Lipinski definition) is 0. The van der Waals surface area contributed by atoms with Crippen LogP contribution in [0.1, 0.15) is 13.3 Å². The maximum absolute atomic E-state index is 12.1. The third-order valence-corrected chi connectivity index (χ3v) is 4.95. The fourth-order valence-electron chi connectivity index (χ4n) is 2.22. The average Bonchev–Trinajstić information content (AvgIpc) is 3.08. The molecule has 1 amide bonds. The molecule has 1 fully saturated rings. The minimum absolute atomic E-state index is 0.0102. The highest BCUT2D eigenvalue weighted by molar-refractivity contribution is 8.14. The van der Waals surface area contributed by atoms with Gasteiger partial charge in [-0.2, -0.15) is 0 Å². The van der Waals surface area contributed by atoms with E-state index in [0.717, 1.165) is 10.6 Å². The van der Waals surface area contributed by atoms with Crippen molar-refractivity contribution in [2.45, 2.75) is 18.6 Å². The molecule has 0 radical (unpaired) electrons. The SMILES string of the molecule is CC(=O)SC1CC(=O)N(c2nccc(-c3cccs3)n2)C1. The average molecular weight is 319 g/mol. The summed E-state index contributed by atoms with van der Waals surface area (Å²) in [7, 11) is 0. The first-order valence-electron chi connectivity index (χ1n) is 6.48. The second kappa shape index (κ2) is 5.95. The van der Waals surface area contributed by atoms with E-state index in [0.29, 0.717) is 18.9 Å². The Hall–Kier alpha value is -1.73. The molecule has 3 rings (SSSR count). The van der Waals surface area contributed by atoms with Crippen molar-refractivity contribution >= 4 is 40.1 Å². The van der Waals surface area contributed by atoms with Crippen LogP contribution in [0.3, 0.4) is 0 Å². The summed E-state index contributed by atoms with van der Waals surface area (Å²) in [6.07, 6.45) is 2.02. The maximum Gasteiger partial charge on any atom is 0.232 e. The number of thiophene rings is 1. The zero-order valence-electron chi connectivity index (χ0n) is 11.4. The predicted molar refractivity (Wildman–Crippen MR) is 84.4 cm³/mol. The number of rotatable bonds is 3. The van der Waals surface area contributed by atoms with Crippen molar-refractivity contribution in [3.05, 3.63) is 29.8 Å². The molecule has 3 heterocycles. The number of carbonyl (C=O) groups is 2. The Bertz CT molecular complexity index is 673. The van der Waals surface area contributed by atoms with Gasteiger partial charge in [0.15, 0.2) is 5.12 Å². The molecule has 0 saturated carbocycles. The van der Waals surface area contributed by atoms with E-state index >= 15 is 0 Å². The van der Waals surface area contributed by atoms with Crippen LogP contribution in [0.25, 0.3) is 10.6 Å². The molecule has 0 aromatic carbocycles. The molecule has 0 aliphatic carbocycles. The van der Waals surface area contributed by atoms with E-state index in [1.54, 1.807) is 22.4 Å². The molecule has 5 nitrogen and oxygen atoms in total. The number of carbonyl (C=O) groups excluding carboxylic acids is 2. The first kappa shape index (κ1) is 14.2. The Balaban J connectivity index is 1.82. The summed E-state index contributed by atoms with van der Waals surface area (Å²) in [6.45, 7) is 2.00. The molecule has 0 bridgehead atoms. The van der Waals surface area contributed by atoms with E-state index in [1.807, 2.05) is 23.6 Å². The van der Waals surface area contributed by atoms with Crippen molar-refractivity contribution in [1.29, 1.82) is 0 Å². The topological polar surface area (TPSA) is 63.2 Å². The first-order chi connectivity index (χ1) is 10.1. The Morgan fingerprint density at radius 3 is 3.05 bits per heavy atom. The molecule has 2 aromatic rings. The monoisotopic (exact) mass is 319 g/mol.